The van der Waals surface area contributed by atoms with Crippen molar-refractivity contribution < 1.29 is 9.84 Å². The Morgan fingerprint density at radius 1 is 1.50 bits per heavy atom. The van der Waals surface area contributed by atoms with Gasteiger partial charge in [0.05, 0.1) is 17.1 Å². The number of thiophene rings is 1. The van der Waals surface area contributed by atoms with Gasteiger partial charge in [-0.25, -0.2) is 0 Å². The normalized spacial score (nSPS) is 13.0. The Balaban J connectivity index is 2.45. The van der Waals surface area contributed by atoms with Crippen molar-refractivity contribution >= 4 is 27.3 Å². The first-order chi connectivity index (χ1) is 8.54. The van der Waals surface area contributed by atoms with Crippen LogP contribution in [0.4, 0.5) is 0 Å². The highest BCUT2D eigenvalue weighted by Gasteiger charge is 2.23. The summed E-state index contributed by atoms with van der Waals surface area (Å²) in [5.41, 5.74) is 1.53. The van der Waals surface area contributed by atoms with Crippen molar-refractivity contribution in [2.45, 2.75) is 26.0 Å². The maximum atomic E-state index is 10.5. The van der Waals surface area contributed by atoms with Gasteiger partial charge in [0.15, 0.2) is 5.75 Å². The lowest BCUT2D eigenvalue weighted by Gasteiger charge is -2.16. The van der Waals surface area contributed by atoms with Gasteiger partial charge >= 0.3 is 0 Å². The molecule has 0 aromatic carbocycles. The first-order valence-corrected chi connectivity index (χ1v) is 7.25. The molecule has 2 rings (SSSR count). The monoisotopic (exact) mass is 330 g/mol. The smallest absolute Gasteiger partial charge is 0.163 e. The van der Waals surface area contributed by atoms with Crippen molar-refractivity contribution in [2.75, 3.05) is 7.11 Å². The van der Waals surface area contributed by atoms with Crippen LogP contribution in [0.15, 0.2) is 21.4 Å². The number of aromatic nitrogens is 2. The summed E-state index contributed by atoms with van der Waals surface area (Å²) in [5.74, 6) is 0.610. The molecule has 2 heterocycles. The molecule has 0 spiro atoms. The molecule has 98 valence electrons. The van der Waals surface area contributed by atoms with Crippen LogP contribution in [-0.4, -0.2) is 22.0 Å². The Kier molecular flexibility index (Phi) is 4.09. The standard InChI is InChI=1S/C12H15BrN2O2S/c1-7(2)15-11(9(17-3)5-14-15)12(16)8-4-10(13)18-6-8/h4-7,12,16H,1-3H3. The molecule has 0 aliphatic heterocycles. The summed E-state index contributed by atoms with van der Waals surface area (Å²) < 4.78 is 8.05. The number of aliphatic hydroxyl groups is 1. The second kappa shape index (κ2) is 5.42. The van der Waals surface area contributed by atoms with Crippen LogP contribution in [0.2, 0.25) is 0 Å². The number of nitrogens with zero attached hydrogens (tertiary/aromatic N) is 2. The average Bonchev–Trinajstić information content (AvgIpc) is 2.93. The van der Waals surface area contributed by atoms with Gasteiger partial charge in [-0.05, 0) is 46.8 Å². The molecular weight excluding hydrogens is 316 g/mol. The van der Waals surface area contributed by atoms with E-state index in [0.717, 1.165) is 9.35 Å². The summed E-state index contributed by atoms with van der Waals surface area (Å²) in [7, 11) is 1.58. The topological polar surface area (TPSA) is 47.3 Å². The highest BCUT2D eigenvalue weighted by molar-refractivity contribution is 9.11. The molecule has 1 atom stereocenters. The molecule has 0 saturated carbocycles. The number of ether oxygens (including phenoxy) is 1. The Bertz CT molecular complexity index is 536. The average molecular weight is 331 g/mol. The summed E-state index contributed by atoms with van der Waals surface area (Å²) in [5, 5.41) is 16.7. The van der Waals surface area contributed by atoms with Crippen molar-refractivity contribution in [3.8, 4) is 5.75 Å². The fraction of sp³-hybridized carbons (Fsp3) is 0.417. The number of aliphatic hydroxyl groups excluding tert-OH is 1. The third-order valence-electron chi connectivity index (χ3n) is 2.67. The highest BCUT2D eigenvalue weighted by atomic mass is 79.9. The number of methoxy groups -OCH3 is 1. The minimum atomic E-state index is -0.729. The van der Waals surface area contributed by atoms with E-state index in [1.807, 2.05) is 25.3 Å². The Morgan fingerprint density at radius 2 is 2.22 bits per heavy atom. The molecule has 18 heavy (non-hydrogen) atoms. The van der Waals surface area contributed by atoms with Crippen LogP contribution in [0.1, 0.15) is 37.3 Å². The van der Waals surface area contributed by atoms with Crippen LogP contribution in [-0.2, 0) is 0 Å². The summed E-state index contributed by atoms with van der Waals surface area (Å²) in [6, 6.07) is 2.08. The van der Waals surface area contributed by atoms with Crippen LogP contribution >= 0.6 is 27.3 Å². The first-order valence-electron chi connectivity index (χ1n) is 5.58. The molecule has 0 aliphatic carbocycles. The Hall–Kier alpha value is -0.850. The number of hydrogen-bond acceptors (Lipinski definition) is 4. The van der Waals surface area contributed by atoms with Crippen LogP contribution in [0.5, 0.6) is 5.75 Å². The van der Waals surface area contributed by atoms with Gasteiger partial charge in [0.1, 0.15) is 11.8 Å². The van der Waals surface area contributed by atoms with Crippen LogP contribution in [0.3, 0.4) is 0 Å². The molecule has 0 radical (unpaired) electrons. The fourth-order valence-corrected chi connectivity index (χ4v) is 3.00. The summed E-state index contributed by atoms with van der Waals surface area (Å²) >= 11 is 4.94. The van der Waals surface area contributed by atoms with Crippen LogP contribution in [0, 0.1) is 0 Å². The van der Waals surface area contributed by atoms with Crippen molar-refractivity contribution in [3.63, 3.8) is 0 Å². The molecule has 0 saturated heterocycles. The van der Waals surface area contributed by atoms with Gasteiger partial charge in [-0.2, -0.15) is 5.10 Å². The molecule has 4 nitrogen and oxygen atoms in total. The zero-order valence-corrected chi connectivity index (χ0v) is 12.8. The van der Waals surface area contributed by atoms with Crippen molar-refractivity contribution in [3.05, 3.63) is 32.7 Å². The van der Waals surface area contributed by atoms with E-state index in [4.69, 9.17) is 4.74 Å². The zero-order valence-electron chi connectivity index (χ0n) is 10.4. The van der Waals surface area contributed by atoms with Crippen molar-refractivity contribution in [2.24, 2.45) is 0 Å². The zero-order chi connectivity index (χ0) is 13.3. The Labute approximate surface area is 118 Å². The molecule has 6 heteroatoms. The second-order valence-electron chi connectivity index (χ2n) is 4.22. The van der Waals surface area contributed by atoms with E-state index in [9.17, 15) is 5.11 Å². The summed E-state index contributed by atoms with van der Waals surface area (Å²) in [6.07, 6.45) is 0.910. The van der Waals surface area contributed by atoms with Crippen molar-refractivity contribution in [1.29, 1.82) is 0 Å². The van der Waals surface area contributed by atoms with E-state index in [1.54, 1.807) is 29.3 Å². The van der Waals surface area contributed by atoms with Crippen LogP contribution < -0.4 is 4.74 Å². The summed E-state index contributed by atoms with van der Waals surface area (Å²) in [6.45, 7) is 4.04. The van der Waals surface area contributed by atoms with Crippen molar-refractivity contribution in [1.82, 2.24) is 9.78 Å². The highest BCUT2D eigenvalue weighted by Crippen LogP contribution is 2.34. The Morgan fingerprint density at radius 3 is 2.72 bits per heavy atom. The van der Waals surface area contributed by atoms with Gasteiger partial charge in [0, 0.05) is 6.04 Å². The minimum absolute atomic E-state index is 0.167. The molecule has 0 amide bonds. The summed E-state index contributed by atoms with van der Waals surface area (Å²) in [4.78, 5) is 0. The third kappa shape index (κ3) is 2.46. The molecule has 2 aromatic heterocycles. The first kappa shape index (κ1) is 13.6. The molecule has 2 aromatic rings. The van der Waals surface area contributed by atoms with Crippen LogP contribution in [0.25, 0.3) is 0 Å². The molecule has 0 bridgehead atoms. The van der Waals surface area contributed by atoms with Gasteiger partial charge in [-0.1, -0.05) is 0 Å². The van der Waals surface area contributed by atoms with E-state index in [2.05, 4.69) is 21.0 Å². The predicted octanol–water partition coefficient (Wildman–Crippen LogP) is 3.38. The number of halogens is 1. The SMILES string of the molecule is COc1cnn(C(C)C)c1C(O)c1csc(Br)c1. The molecule has 1 unspecified atom stereocenters. The predicted molar refractivity (Wildman–Crippen MR) is 75.2 cm³/mol. The van der Waals surface area contributed by atoms with E-state index < -0.39 is 6.10 Å². The van der Waals surface area contributed by atoms with E-state index in [-0.39, 0.29) is 6.04 Å². The van der Waals surface area contributed by atoms with E-state index in [0.29, 0.717) is 11.4 Å². The maximum Gasteiger partial charge on any atom is 0.163 e. The lowest BCUT2D eigenvalue weighted by Crippen LogP contribution is -2.12. The molecule has 1 N–H and O–H groups in total. The van der Waals surface area contributed by atoms with E-state index in [1.165, 1.54) is 0 Å². The molecular formula is C12H15BrN2O2S. The number of hydrogen-bond donors (Lipinski definition) is 1. The number of rotatable bonds is 4. The van der Waals surface area contributed by atoms with Gasteiger partial charge in [0.25, 0.3) is 0 Å². The largest absolute Gasteiger partial charge is 0.493 e. The minimum Gasteiger partial charge on any atom is -0.493 e. The quantitative estimate of drug-likeness (QED) is 0.934. The second-order valence-corrected chi connectivity index (χ2v) is 6.51. The third-order valence-corrected chi connectivity index (χ3v) is 4.19. The van der Waals surface area contributed by atoms with Gasteiger partial charge < -0.3 is 9.84 Å². The lowest BCUT2D eigenvalue weighted by molar-refractivity contribution is 0.200. The van der Waals surface area contributed by atoms with Gasteiger partial charge in [-0.3, -0.25) is 4.68 Å². The van der Waals surface area contributed by atoms with Gasteiger partial charge in [-0.15, -0.1) is 11.3 Å². The van der Waals surface area contributed by atoms with E-state index >= 15 is 0 Å². The maximum absolute atomic E-state index is 10.5. The lowest BCUT2D eigenvalue weighted by atomic mass is 10.1. The molecule has 0 aliphatic rings. The fourth-order valence-electron chi connectivity index (χ4n) is 1.81. The molecule has 0 fully saturated rings. The van der Waals surface area contributed by atoms with Gasteiger partial charge in [0.2, 0.25) is 0 Å².